The van der Waals surface area contributed by atoms with E-state index in [-0.39, 0.29) is 0 Å². The van der Waals surface area contributed by atoms with Gasteiger partial charge in [-0.25, -0.2) is 14.6 Å². The first-order valence-electron chi connectivity index (χ1n) is 6.11. The summed E-state index contributed by atoms with van der Waals surface area (Å²) in [6.07, 6.45) is 3.14. The van der Waals surface area contributed by atoms with Gasteiger partial charge in [-0.2, -0.15) is 5.10 Å². The molecule has 0 unspecified atom stereocenters. The first-order valence-corrected chi connectivity index (χ1v) is 6.49. The summed E-state index contributed by atoms with van der Waals surface area (Å²) in [5.41, 5.74) is 2.99. The first kappa shape index (κ1) is 12.1. The molecule has 2 aromatic heterocycles. The largest absolute Gasteiger partial charge is 0.224 e. The highest BCUT2D eigenvalue weighted by atomic mass is 35.5. The van der Waals surface area contributed by atoms with Crippen molar-refractivity contribution in [2.45, 2.75) is 19.8 Å². The molecule has 0 radical (unpaired) electrons. The highest BCUT2D eigenvalue weighted by Gasteiger charge is 2.09. The van der Waals surface area contributed by atoms with Crippen LogP contribution in [0.4, 0.5) is 0 Å². The number of benzene rings is 1. The van der Waals surface area contributed by atoms with Crippen LogP contribution in [0.1, 0.15) is 25.3 Å². The zero-order valence-electron chi connectivity index (χ0n) is 10.7. The molecular weight excluding hydrogens is 260 g/mol. The molecule has 0 aliphatic carbocycles. The minimum atomic E-state index is 0.426. The number of rotatable bonds is 2. The Labute approximate surface area is 116 Å². The Bertz CT molecular complexity index is 716. The monoisotopic (exact) mass is 272 g/mol. The van der Waals surface area contributed by atoms with Crippen LogP contribution in [0.25, 0.3) is 16.7 Å². The van der Waals surface area contributed by atoms with Crippen LogP contribution in [-0.4, -0.2) is 19.7 Å². The quantitative estimate of drug-likeness (QED) is 0.670. The van der Waals surface area contributed by atoms with Gasteiger partial charge in [0.05, 0.1) is 17.3 Å². The molecule has 2 heterocycles. The van der Waals surface area contributed by atoms with Gasteiger partial charge < -0.3 is 0 Å². The highest BCUT2D eigenvalue weighted by molar-refractivity contribution is 6.33. The lowest BCUT2D eigenvalue weighted by molar-refractivity contribution is 0.858. The molecule has 0 aliphatic rings. The predicted octanol–water partition coefficient (Wildman–Crippen LogP) is 3.59. The molecule has 0 saturated carbocycles. The van der Waals surface area contributed by atoms with Gasteiger partial charge in [-0.15, -0.1) is 0 Å². The van der Waals surface area contributed by atoms with Crippen molar-refractivity contribution in [3.05, 3.63) is 47.5 Å². The van der Waals surface area contributed by atoms with Crippen LogP contribution in [0.15, 0.2) is 36.8 Å². The number of hydrogen-bond donors (Lipinski definition) is 0. The number of halogens is 1. The fourth-order valence-electron chi connectivity index (χ4n) is 2.00. The lowest BCUT2D eigenvalue weighted by Gasteiger charge is -2.07. The molecule has 0 saturated heterocycles. The molecule has 0 spiro atoms. The van der Waals surface area contributed by atoms with E-state index < -0.39 is 0 Å². The number of aromatic nitrogens is 4. The van der Waals surface area contributed by atoms with Crippen LogP contribution >= 0.6 is 11.6 Å². The van der Waals surface area contributed by atoms with Crippen molar-refractivity contribution >= 4 is 22.6 Å². The van der Waals surface area contributed by atoms with E-state index in [0.717, 1.165) is 16.7 Å². The van der Waals surface area contributed by atoms with Crippen LogP contribution in [-0.2, 0) is 0 Å². The van der Waals surface area contributed by atoms with E-state index in [4.69, 9.17) is 11.6 Å². The van der Waals surface area contributed by atoms with Gasteiger partial charge in [0.25, 0.3) is 0 Å². The number of hydrogen-bond acceptors (Lipinski definition) is 3. The third-order valence-corrected chi connectivity index (χ3v) is 3.42. The summed E-state index contributed by atoms with van der Waals surface area (Å²) >= 11 is 6.02. The molecule has 0 N–H and O–H groups in total. The van der Waals surface area contributed by atoms with Crippen molar-refractivity contribution in [2.75, 3.05) is 0 Å². The van der Waals surface area contributed by atoms with E-state index in [0.29, 0.717) is 11.1 Å². The zero-order valence-corrected chi connectivity index (χ0v) is 11.5. The summed E-state index contributed by atoms with van der Waals surface area (Å²) in [7, 11) is 0. The van der Waals surface area contributed by atoms with Gasteiger partial charge in [-0.3, -0.25) is 0 Å². The van der Waals surface area contributed by atoms with Crippen molar-refractivity contribution in [1.82, 2.24) is 19.7 Å². The van der Waals surface area contributed by atoms with E-state index in [9.17, 15) is 0 Å². The predicted molar refractivity (Wildman–Crippen MR) is 75.8 cm³/mol. The maximum atomic E-state index is 6.02. The van der Waals surface area contributed by atoms with E-state index in [2.05, 4.69) is 41.0 Å². The maximum Gasteiger partial charge on any atom is 0.167 e. The fraction of sp³-hybridized carbons (Fsp3) is 0.214. The van der Waals surface area contributed by atoms with Crippen LogP contribution in [0.2, 0.25) is 5.15 Å². The Hall–Kier alpha value is -1.94. The van der Waals surface area contributed by atoms with Crippen molar-refractivity contribution in [1.29, 1.82) is 0 Å². The van der Waals surface area contributed by atoms with Gasteiger partial charge in [0.15, 0.2) is 5.65 Å². The van der Waals surface area contributed by atoms with Crippen molar-refractivity contribution in [2.24, 2.45) is 0 Å². The van der Waals surface area contributed by atoms with Crippen molar-refractivity contribution < 1.29 is 0 Å². The summed E-state index contributed by atoms with van der Waals surface area (Å²) in [4.78, 5) is 8.19. The Balaban J connectivity index is 2.11. The second kappa shape index (κ2) is 4.63. The minimum absolute atomic E-state index is 0.426. The second-order valence-corrected chi connectivity index (χ2v) is 5.06. The summed E-state index contributed by atoms with van der Waals surface area (Å²) in [5.74, 6) is 0.514. The summed E-state index contributed by atoms with van der Waals surface area (Å²) in [5, 5.41) is 5.52. The second-order valence-electron chi connectivity index (χ2n) is 4.70. The molecule has 96 valence electrons. The SMILES string of the molecule is CC(C)c1ccc(-n2ncc3c(Cl)ncnc32)cc1. The van der Waals surface area contributed by atoms with Gasteiger partial charge in [-0.05, 0) is 23.6 Å². The molecule has 5 heteroatoms. The lowest BCUT2D eigenvalue weighted by atomic mass is 10.0. The maximum absolute atomic E-state index is 6.02. The molecule has 0 aliphatic heterocycles. The Kier molecular flexibility index (Phi) is 2.95. The van der Waals surface area contributed by atoms with E-state index in [1.54, 1.807) is 10.9 Å². The van der Waals surface area contributed by atoms with E-state index in [1.807, 2.05) is 12.1 Å². The fourth-order valence-corrected chi connectivity index (χ4v) is 2.18. The van der Waals surface area contributed by atoms with Crippen LogP contribution in [0, 0.1) is 0 Å². The molecule has 3 rings (SSSR count). The molecule has 0 amide bonds. The van der Waals surface area contributed by atoms with Gasteiger partial charge in [0.1, 0.15) is 11.5 Å². The average Bonchev–Trinajstić information content (AvgIpc) is 2.84. The van der Waals surface area contributed by atoms with Crippen LogP contribution in [0.5, 0.6) is 0 Å². The number of nitrogens with zero attached hydrogens (tertiary/aromatic N) is 4. The zero-order chi connectivity index (χ0) is 13.4. The highest BCUT2D eigenvalue weighted by Crippen LogP contribution is 2.22. The van der Waals surface area contributed by atoms with Crippen LogP contribution in [0.3, 0.4) is 0 Å². The molecule has 3 aromatic rings. The Morgan fingerprint density at radius 2 is 1.84 bits per heavy atom. The van der Waals surface area contributed by atoms with Gasteiger partial charge >= 0.3 is 0 Å². The number of fused-ring (bicyclic) bond motifs is 1. The average molecular weight is 273 g/mol. The summed E-state index contributed by atoms with van der Waals surface area (Å²) in [6.45, 7) is 4.34. The van der Waals surface area contributed by atoms with Crippen molar-refractivity contribution in [3.63, 3.8) is 0 Å². The van der Waals surface area contributed by atoms with E-state index >= 15 is 0 Å². The third-order valence-electron chi connectivity index (χ3n) is 3.12. The summed E-state index contributed by atoms with van der Waals surface area (Å²) in [6, 6.07) is 8.29. The first-order chi connectivity index (χ1) is 9.16. The molecule has 0 atom stereocenters. The van der Waals surface area contributed by atoms with Gasteiger partial charge in [-0.1, -0.05) is 37.6 Å². The minimum Gasteiger partial charge on any atom is -0.224 e. The Morgan fingerprint density at radius 1 is 1.11 bits per heavy atom. The summed E-state index contributed by atoms with van der Waals surface area (Å²) < 4.78 is 1.77. The normalized spacial score (nSPS) is 11.4. The molecule has 0 fully saturated rings. The molecule has 19 heavy (non-hydrogen) atoms. The molecular formula is C14H13ClN4. The van der Waals surface area contributed by atoms with Crippen molar-refractivity contribution in [3.8, 4) is 5.69 Å². The Morgan fingerprint density at radius 3 is 2.53 bits per heavy atom. The topological polar surface area (TPSA) is 43.6 Å². The van der Waals surface area contributed by atoms with E-state index in [1.165, 1.54) is 11.9 Å². The third kappa shape index (κ3) is 2.08. The lowest BCUT2D eigenvalue weighted by Crippen LogP contribution is -1.98. The standard InChI is InChI=1S/C14H13ClN4/c1-9(2)10-3-5-11(6-4-10)19-14-12(7-18-19)13(15)16-8-17-14/h3-9H,1-2H3. The van der Waals surface area contributed by atoms with Gasteiger partial charge in [0.2, 0.25) is 0 Å². The molecule has 1 aromatic carbocycles. The van der Waals surface area contributed by atoms with Crippen LogP contribution < -0.4 is 0 Å². The smallest absolute Gasteiger partial charge is 0.167 e. The van der Waals surface area contributed by atoms with Gasteiger partial charge in [0, 0.05) is 0 Å². The molecule has 4 nitrogen and oxygen atoms in total. The molecule has 0 bridgehead atoms.